The fraction of sp³-hybridized carbons (Fsp3) is 0.500. The number of nitrogens with zero attached hydrogens (tertiary/aromatic N) is 3. The number of hydrogen-bond donors (Lipinski definition) is 1. The molecule has 1 fully saturated rings. The van der Waals surface area contributed by atoms with Crippen LogP contribution in [0.2, 0.25) is 0 Å². The summed E-state index contributed by atoms with van der Waals surface area (Å²) in [7, 11) is 0. The summed E-state index contributed by atoms with van der Waals surface area (Å²) in [5.41, 5.74) is -1.62. The molecule has 0 saturated carbocycles. The van der Waals surface area contributed by atoms with E-state index in [0.717, 1.165) is 0 Å². The Bertz CT molecular complexity index is 639. The number of benzene rings is 1. The van der Waals surface area contributed by atoms with Crippen LogP contribution in [0.25, 0.3) is 0 Å². The highest BCUT2D eigenvalue weighted by atomic mass is 19.1. The summed E-state index contributed by atoms with van der Waals surface area (Å²) in [6.45, 7) is 4.84. The first-order valence-corrected chi connectivity index (χ1v) is 7.47. The Morgan fingerprint density at radius 3 is 2.48 bits per heavy atom. The molecule has 0 radical (unpaired) electrons. The van der Waals surface area contributed by atoms with E-state index in [1.54, 1.807) is 16.8 Å². The van der Waals surface area contributed by atoms with Crippen molar-refractivity contribution in [3.8, 4) is 0 Å². The first-order chi connectivity index (χ1) is 10.9. The standard InChI is InChI=1S/C16H20FN3O3/c1-15(2,14-22-7-8-23-14)16(21,9-20-11-18-10-19-20)12-3-5-13(17)6-4-12/h3-6,10-11,14,21H,7-9H2,1-2H3. The maximum atomic E-state index is 13.3. The second-order valence-electron chi connectivity index (χ2n) is 6.26. The quantitative estimate of drug-likeness (QED) is 0.908. The molecule has 0 amide bonds. The Morgan fingerprint density at radius 1 is 1.26 bits per heavy atom. The maximum Gasteiger partial charge on any atom is 0.165 e. The van der Waals surface area contributed by atoms with Gasteiger partial charge in [0.2, 0.25) is 0 Å². The highest BCUT2D eigenvalue weighted by Gasteiger charge is 2.52. The van der Waals surface area contributed by atoms with Crippen LogP contribution in [-0.4, -0.2) is 39.4 Å². The maximum absolute atomic E-state index is 13.3. The molecule has 1 aromatic heterocycles. The molecule has 1 saturated heterocycles. The molecule has 6 nitrogen and oxygen atoms in total. The summed E-state index contributed by atoms with van der Waals surface area (Å²) in [6.07, 6.45) is 2.36. The number of aliphatic hydroxyl groups is 1. The van der Waals surface area contributed by atoms with Gasteiger partial charge in [0, 0.05) is 0 Å². The first-order valence-electron chi connectivity index (χ1n) is 7.47. The van der Waals surface area contributed by atoms with Gasteiger partial charge in [-0.15, -0.1) is 0 Å². The Kier molecular flexibility index (Phi) is 4.18. The van der Waals surface area contributed by atoms with E-state index in [1.807, 2.05) is 13.8 Å². The van der Waals surface area contributed by atoms with Crippen LogP contribution in [0, 0.1) is 11.2 Å². The largest absolute Gasteiger partial charge is 0.382 e. The Labute approximate surface area is 133 Å². The molecule has 1 N–H and O–H groups in total. The van der Waals surface area contributed by atoms with Gasteiger partial charge < -0.3 is 14.6 Å². The molecule has 2 heterocycles. The lowest BCUT2D eigenvalue weighted by Crippen LogP contribution is -2.52. The van der Waals surface area contributed by atoms with Gasteiger partial charge in [0.05, 0.1) is 25.2 Å². The van der Waals surface area contributed by atoms with Crippen molar-refractivity contribution in [3.63, 3.8) is 0 Å². The van der Waals surface area contributed by atoms with Crippen LogP contribution < -0.4 is 0 Å². The average Bonchev–Trinajstić information content (AvgIpc) is 3.21. The molecule has 1 aromatic carbocycles. The molecule has 1 aliphatic rings. The van der Waals surface area contributed by atoms with Crippen LogP contribution in [0.4, 0.5) is 4.39 Å². The zero-order valence-corrected chi connectivity index (χ0v) is 13.1. The van der Waals surface area contributed by atoms with Gasteiger partial charge in [-0.25, -0.2) is 14.1 Å². The number of hydrogen-bond acceptors (Lipinski definition) is 5. The second-order valence-corrected chi connectivity index (χ2v) is 6.26. The third-order valence-electron chi connectivity index (χ3n) is 4.46. The monoisotopic (exact) mass is 321 g/mol. The molecule has 0 aliphatic carbocycles. The third-order valence-corrected chi connectivity index (χ3v) is 4.46. The van der Waals surface area contributed by atoms with E-state index in [-0.39, 0.29) is 12.4 Å². The summed E-state index contributed by atoms with van der Waals surface area (Å²) < 4.78 is 26.1. The third kappa shape index (κ3) is 2.87. The summed E-state index contributed by atoms with van der Waals surface area (Å²) in [5.74, 6) is -0.358. The molecule has 0 bridgehead atoms. The van der Waals surface area contributed by atoms with E-state index < -0.39 is 17.3 Å². The topological polar surface area (TPSA) is 69.4 Å². The van der Waals surface area contributed by atoms with Crippen molar-refractivity contribution >= 4 is 0 Å². The van der Waals surface area contributed by atoms with Crippen molar-refractivity contribution in [3.05, 3.63) is 48.3 Å². The van der Waals surface area contributed by atoms with Crippen molar-refractivity contribution in [1.29, 1.82) is 0 Å². The lowest BCUT2D eigenvalue weighted by atomic mass is 9.70. The summed E-state index contributed by atoms with van der Waals surface area (Å²) >= 11 is 0. The highest BCUT2D eigenvalue weighted by Crippen LogP contribution is 2.45. The molecule has 1 atom stereocenters. The van der Waals surface area contributed by atoms with Crippen LogP contribution in [0.15, 0.2) is 36.9 Å². The fourth-order valence-electron chi connectivity index (χ4n) is 2.91. The van der Waals surface area contributed by atoms with Crippen molar-refractivity contribution in [2.75, 3.05) is 13.2 Å². The summed E-state index contributed by atoms with van der Waals surface area (Å²) in [4.78, 5) is 3.91. The SMILES string of the molecule is CC(C)(C1OCCO1)C(O)(Cn1cncn1)c1ccc(F)cc1. The normalized spacial score (nSPS) is 19.0. The molecule has 3 rings (SSSR count). The first kappa shape index (κ1) is 16.0. The van der Waals surface area contributed by atoms with Crippen molar-refractivity contribution in [2.45, 2.75) is 32.3 Å². The summed E-state index contributed by atoms with van der Waals surface area (Å²) in [5, 5.41) is 15.6. The van der Waals surface area contributed by atoms with Gasteiger partial charge in [-0.1, -0.05) is 26.0 Å². The van der Waals surface area contributed by atoms with Gasteiger partial charge in [0.15, 0.2) is 6.29 Å². The highest BCUT2D eigenvalue weighted by molar-refractivity contribution is 5.26. The number of ether oxygens (including phenoxy) is 2. The van der Waals surface area contributed by atoms with Gasteiger partial charge in [-0.05, 0) is 17.7 Å². The molecular formula is C16H20FN3O3. The molecule has 124 valence electrons. The van der Waals surface area contributed by atoms with Crippen LogP contribution in [0.3, 0.4) is 0 Å². The Morgan fingerprint density at radius 2 is 1.91 bits per heavy atom. The number of rotatable bonds is 5. The van der Waals surface area contributed by atoms with Crippen molar-refractivity contribution in [2.24, 2.45) is 5.41 Å². The van der Waals surface area contributed by atoms with E-state index in [2.05, 4.69) is 10.1 Å². The van der Waals surface area contributed by atoms with E-state index >= 15 is 0 Å². The number of aromatic nitrogens is 3. The van der Waals surface area contributed by atoms with Gasteiger partial charge >= 0.3 is 0 Å². The zero-order valence-electron chi connectivity index (χ0n) is 13.1. The van der Waals surface area contributed by atoms with Gasteiger partial charge in [-0.3, -0.25) is 0 Å². The lowest BCUT2D eigenvalue weighted by Gasteiger charge is -2.45. The molecule has 7 heteroatoms. The van der Waals surface area contributed by atoms with Crippen LogP contribution >= 0.6 is 0 Å². The van der Waals surface area contributed by atoms with E-state index in [4.69, 9.17) is 9.47 Å². The smallest absolute Gasteiger partial charge is 0.165 e. The van der Waals surface area contributed by atoms with Gasteiger partial charge in [0.1, 0.15) is 24.1 Å². The molecular weight excluding hydrogens is 301 g/mol. The molecule has 23 heavy (non-hydrogen) atoms. The van der Waals surface area contributed by atoms with E-state index in [0.29, 0.717) is 18.8 Å². The lowest BCUT2D eigenvalue weighted by molar-refractivity contribution is -0.211. The van der Waals surface area contributed by atoms with Gasteiger partial charge in [0.25, 0.3) is 0 Å². The van der Waals surface area contributed by atoms with Gasteiger partial charge in [-0.2, -0.15) is 5.10 Å². The molecule has 1 aliphatic heterocycles. The predicted molar refractivity (Wildman–Crippen MR) is 79.8 cm³/mol. The minimum Gasteiger partial charge on any atom is -0.382 e. The van der Waals surface area contributed by atoms with Crippen molar-refractivity contribution in [1.82, 2.24) is 14.8 Å². The van der Waals surface area contributed by atoms with Crippen LogP contribution in [0.5, 0.6) is 0 Å². The number of halogens is 1. The van der Waals surface area contributed by atoms with Crippen LogP contribution in [0.1, 0.15) is 19.4 Å². The van der Waals surface area contributed by atoms with E-state index in [9.17, 15) is 9.50 Å². The molecule has 2 aromatic rings. The zero-order chi connectivity index (χ0) is 16.5. The summed E-state index contributed by atoms with van der Waals surface area (Å²) in [6, 6.07) is 5.80. The fourth-order valence-corrected chi connectivity index (χ4v) is 2.91. The minimum absolute atomic E-state index is 0.148. The molecule has 0 spiro atoms. The second kappa shape index (κ2) is 5.99. The predicted octanol–water partition coefficient (Wildman–Crippen LogP) is 1.70. The van der Waals surface area contributed by atoms with Crippen molar-refractivity contribution < 1.29 is 19.0 Å². The van der Waals surface area contributed by atoms with Crippen LogP contribution in [-0.2, 0) is 21.6 Å². The Hall–Kier alpha value is -1.83. The minimum atomic E-state index is -1.39. The average molecular weight is 321 g/mol. The van der Waals surface area contributed by atoms with E-state index in [1.165, 1.54) is 24.8 Å². The Balaban J connectivity index is 2.03. The molecule has 1 unspecified atom stereocenters.